The molecule has 3 N–H and O–H groups in total. The summed E-state index contributed by atoms with van der Waals surface area (Å²) in [7, 11) is 0. The minimum absolute atomic E-state index is 0.00581. The number of rotatable bonds is 5. The van der Waals surface area contributed by atoms with Gasteiger partial charge >= 0.3 is 0 Å². The number of amides is 1. The van der Waals surface area contributed by atoms with E-state index >= 15 is 4.39 Å². The predicted molar refractivity (Wildman–Crippen MR) is 147 cm³/mol. The lowest BCUT2D eigenvalue weighted by Crippen LogP contribution is -2.24. The SMILES string of the molecule is Cc1cn(-c2ccnc3[nH]c(-c4n[nH]c5cnc(-c6cncc(NC(=O)C7CCCCC7)c6)c(F)c45)nc23)cn1. The Bertz CT molecular complexity index is 1880. The smallest absolute Gasteiger partial charge is 0.227 e. The van der Waals surface area contributed by atoms with Gasteiger partial charge < -0.3 is 14.9 Å². The minimum Gasteiger partial charge on any atom is -0.324 e. The number of aromatic nitrogens is 9. The van der Waals surface area contributed by atoms with Crippen molar-refractivity contribution in [1.29, 1.82) is 0 Å². The first kappa shape index (κ1) is 24.1. The average Bonchev–Trinajstić information content (AvgIpc) is 3.72. The first-order valence-electron chi connectivity index (χ1n) is 13.2. The van der Waals surface area contributed by atoms with Gasteiger partial charge in [0.25, 0.3) is 0 Å². The van der Waals surface area contributed by atoms with Gasteiger partial charge in [-0.25, -0.2) is 19.3 Å². The zero-order chi connectivity index (χ0) is 27.2. The van der Waals surface area contributed by atoms with E-state index in [1.54, 1.807) is 24.8 Å². The third-order valence-corrected chi connectivity index (χ3v) is 7.38. The molecule has 7 rings (SSSR count). The lowest BCUT2D eigenvalue weighted by Gasteiger charge is -2.20. The van der Waals surface area contributed by atoms with Crippen molar-refractivity contribution in [2.24, 2.45) is 5.92 Å². The summed E-state index contributed by atoms with van der Waals surface area (Å²) in [5.74, 6) is -0.240. The Morgan fingerprint density at radius 2 is 1.98 bits per heavy atom. The zero-order valence-electron chi connectivity index (χ0n) is 21.6. The van der Waals surface area contributed by atoms with Gasteiger partial charge in [-0.05, 0) is 31.9 Å². The van der Waals surface area contributed by atoms with E-state index in [1.807, 2.05) is 23.8 Å². The van der Waals surface area contributed by atoms with Gasteiger partial charge in [-0.1, -0.05) is 19.3 Å². The van der Waals surface area contributed by atoms with Gasteiger partial charge in [-0.15, -0.1) is 0 Å². The fourth-order valence-electron chi connectivity index (χ4n) is 5.37. The molecule has 0 saturated heterocycles. The molecule has 6 aromatic rings. The highest BCUT2D eigenvalue weighted by molar-refractivity contribution is 5.96. The zero-order valence-corrected chi connectivity index (χ0v) is 21.6. The number of anilines is 1. The summed E-state index contributed by atoms with van der Waals surface area (Å²) in [5, 5.41) is 10.4. The number of fused-ring (bicyclic) bond motifs is 2. The molecule has 0 radical (unpaired) electrons. The van der Waals surface area contributed by atoms with Gasteiger partial charge in [0, 0.05) is 30.1 Å². The Morgan fingerprint density at radius 1 is 1.10 bits per heavy atom. The molecule has 1 saturated carbocycles. The second-order valence-corrected chi connectivity index (χ2v) is 10.1. The van der Waals surface area contributed by atoms with Gasteiger partial charge in [0.05, 0.1) is 46.7 Å². The number of carbonyl (C=O) groups is 1. The highest BCUT2D eigenvalue weighted by Gasteiger charge is 2.23. The van der Waals surface area contributed by atoms with Crippen LogP contribution in [0, 0.1) is 18.7 Å². The Morgan fingerprint density at radius 3 is 2.80 bits per heavy atom. The second-order valence-electron chi connectivity index (χ2n) is 10.1. The third-order valence-electron chi connectivity index (χ3n) is 7.38. The number of imidazole rings is 2. The molecule has 40 heavy (non-hydrogen) atoms. The van der Waals surface area contributed by atoms with Gasteiger partial charge in [0.15, 0.2) is 17.3 Å². The lowest BCUT2D eigenvalue weighted by molar-refractivity contribution is -0.120. The lowest BCUT2D eigenvalue weighted by atomic mass is 9.88. The summed E-state index contributed by atoms with van der Waals surface area (Å²) in [6, 6.07) is 3.53. The van der Waals surface area contributed by atoms with Crippen molar-refractivity contribution in [3.63, 3.8) is 0 Å². The molecule has 1 aliphatic carbocycles. The molecule has 200 valence electrons. The average molecular weight is 537 g/mol. The van der Waals surface area contributed by atoms with Gasteiger partial charge in [0.2, 0.25) is 5.91 Å². The molecule has 0 spiro atoms. The Labute approximate surface area is 227 Å². The summed E-state index contributed by atoms with van der Waals surface area (Å²) in [6.45, 7) is 1.91. The fourth-order valence-corrected chi connectivity index (χ4v) is 5.37. The Hall–Kier alpha value is -5.00. The van der Waals surface area contributed by atoms with E-state index in [-0.39, 0.29) is 22.9 Å². The number of halogens is 1. The number of pyridine rings is 3. The van der Waals surface area contributed by atoms with E-state index in [0.29, 0.717) is 39.4 Å². The Balaban J connectivity index is 1.26. The van der Waals surface area contributed by atoms with Crippen LogP contribution in [0.3, 0.4) is 0 Å². The van der Waals surface area contributed by atoms with Crippen molar-refractivity contribution < 1.29 is 9.18 Å². The molecule has 1 aliphatic rings. The molecule has 0 bridgehead atoms. The molecule has 1 fully saturated rings. The topological polar surface area (TPSA) is 143 Å². The van der Waals surface area contributed by atoms with Crippen molar-refractivity contribution in [2.45, 2.75) is 39.0 Å². The minimum atomic E-state index is -0.572. The van der Waals surface area contributed by atoms with E-state index in [9.17, 15) is 4.79 Å². The summed E-state index contributed by atoms with van der Waals surface area (Å²) >= 11 is 0. The van der Waals surface area contributed by atoms with Crippen molar-refractivity contribution in [2.75, 3.05) is 5.32 Å². The maximum atomic E-state index is 16.1. The fraction of sp³-hybridized carbons (Fsp3) is 0.250. The van der Waals surface area contributed by atoms with Crippen LogP contribution in [0.15, 0.2) is 49.4 Å². The molecule has 0 aromatic carbocycles. The molecule has 0 atom stereocenters. The molecule has 0 aliphatic heterocycles. The normalized spacial score (nSPS) is 14.2. The first-order chi connectivity index (χ1) is 19.5. The third kappa shape index (κ3) is 4.17. The summed E-state index contributed by atoms with van der Waals surface area (Å²) in [5.41, 5.74) is 4.56. The van der Waals surface area contributed by atoms with Gasteiger partial charge in [-0.2, -0.15) is 5.10 Å². The maximum absolute atomic E-state index is 16.1. The van der Waals surface area contributed by atoms with Crippen molar-refractivity contribution in [3.8, 4) is 28.5 Å². The molecule has 1 amide bonds. The number of aromatic amines is 2. The summed E-state index contributed by atoms with van der Waals surface area (Å²) in [6.07, 6.45) is 14.9. The van der Waals surface area contributed by atoms with E-state index in [1.165, 1.54) is 18.8 Å². The van der Waals surface area contributed by atoms with E-state index in [0.717, 1.165) is 37.1 Å². The van der Waals surface area contributed by atoms with Crippen LogP contribution in [-0.2, 0) is 4.79 Å². The van der Waals surface area contributed by atoms with Crippen LogP contribution < -0.4 is 5.32 Å². The highest BCUT2D eigenvalue weighted by Crippen LogP contribution is 2.33. The molecule has 11 nitrogen and oxygen atoms in total. The van der Waals surface area contributed by atoms with Crippen molar-refractivity contribution in [1.82, 2.24) is 44.7 Å². The van der Waals surface area contributed by atoms with Crippen LogP contribution >= 0.6 is 0 Å². The second kappa shape index (κ2) is 9.63. The number of nitrogens with zero attached hydrogens (tertiary/aromatic N) is 7. The van der Waals surface area contributed by atoms with Crippen LogP contribution in [-0.4, -0.2) is 50.6 Å². The highest BCUT2D eigenvalue weighted by atomic mass is 19.1. The number of hydrogen-bond donors (Lipinski definition) is 3. The van der Waals surface area contributed by atoms with E-state index < -0.39 is 5.82 Å². The molecule has 6 heterocycles. The van der Waals surface area contributed by atoms with Gasteiger partial charge in [-0.3, -0.25) is 19.9 Å². The van der Waals surface area contributed by atoms with Crippen molar-refractivity contribution >= 4 is 33.7 Å². The molecule has 12 heteroatoms. The summed E-state index contributed by atoms with van der Waals surface area (Å²) < 4.78 is 18.0. The molecular formula is C28H25FN10O. The van der Waals surface area contributed by atoms with Crippen LogP contribution in [0.25, 0.3) is 50.5 Å². The molecule has 6 aromatic heterocycles. The largest absolute Gasteiger partial charge is 0.324 e. The predicted octanol–water partition coefficient (Wildman–Crippen LogP) is 5.11. The van der Waals surface area contributed by atoms with Crippen LogP contribution in [0.5, 0.6) is 0 Å². The Kier molecular flexibility index (Phi) is 5.80. The van der Waals surface area contributed by atoms with Gasteiger partial charge in [0.1, 0.15) is 16.9 Å². The monoisotopic (exact) mass is 536 g/mol. The quantitative estimate of drug-likeness (QED) is 0.278. The number of H-pyrrole nitrogens is 2. The van der Waals surface area contributed by atoms with Crippen LogP contribution in [0.1, 0.15) is 37.8 Å². The van der Waals surface area contributed by atoms with E-state index in [4.69, 9.17) is 4.98 Å². The maximum Gasteiger partial charge on any atom is 0.227 e. The van der Waals surface area contributed by atoms with E-state index in [2.05, 4.69) is 40.4 Å². The number of hydrogen-bond acceptors (Lipinski definition) is 7. The molecule has 0 unspecified atom stereocenters. The van der Waals surface area contributed by atoms with Crippen LogP contribution in [0.4, 0.5) is 10.1 Å². The standard InChI is InChI=1S/C28H25FN10O/c1-15-13-39(14-33-15)20-7-8-31-26-24(20)35-27(36-26)25-21-19(37-38-25)12-32-23(22(21)29)17-9-18(11-30-10-17)34-28(40)16-5-3-2-4-6-16/h7-14,16H,2-6H2,1H3,(H,34,40)(H,37,38)(H,31,35,36). The first-order valence-corrected chi connectivity index (χ1v) is 13.2. The van der Waals surface area contributed by atoms with Crippen LogP contribution in [0.2, 0.25) is 0 Å². The van der Waals surface area contributed by atoms with Crippen molar-refractivity contribution in [3.05, 3.63) is 61.0 Å². The number of carbonyl (C=O) groups excluding carboxylic acids is 1. The number of aryl methyl sites for hydroxylation is 1. The summed E-state index contributed by atoms with van der Waals surface area (Å²) in [4.78, 5) is 37.9. The molecular weight excluding hydrogens is 511 g/mol. The number of nitrogens with one attached hydrogen (secondary N) is 3.